The van der Waals surface area contributed by atoms with Gasteiger partial charge in [-0.3, -0.25) is 13.9 Å². The molecule has 0 bridgehead atoms. The summed E-state index contributed by atoms with van der Waals surface area (Å²) in [4.78, 5) is 38.9. The Kier molecular flexibility index (Phi) is 5.04. The van der Waals surface area contributed by atoms with Crippen LogP contribution < -0.4 is 11.0 Å². The van der Waals surface area contributed by atoms with Gasteiger partial charge in [-0.2, -0.15) is 0 Å². The van der Waals surface area contributed by atoms with Gasteiger partial charge in [0.1, 0.15) is 11.5 Å². The number of para-hydroxylation sites is 2. The summed E-state index contributed by atoms with van der Waals surface area (Å²) in [6, 6.07) is 7.34. The molecule has 1 N–H and O–H groups in total. The molecule has 4 rings (SSSR count). The van der Waals surface area contributed by atoms with Crippen molar-refractivity contribution in [3.05, 3.63) is 50.8 Å². The summed E-state index contributed by atoms with van der Waals surface area (Å²) in [7, 11) is 3.03. The minimum atomic E-state index is -0.435. The molecular weight excluding hydrogens is 390 g/mol. The van der Waals surface area contributed by atoms with E-state index in [0.29, 0.717) is 22.0 Å². The number of nitrogens with zero attached hydrogens (tertiary/aromatic N) is 2. The normalized spacial score (nSPS) is 15.9. The van der Waals surface area contributed by atoms with Gasteiger partial charge in [0.05, 0.1) is 23.7 Å². The van der Waals surface area contributed by atoms with Gasteiger partial charge in [-0.1, -0.05) is 19.1 Å². The van der Waals surface area contributed by atoms with E-state index < -0.39 is 5.97 Å². The van der Waals surface area contributed by atoms with Crippen LogP contribution in [0.4, 0.5) is 5.00 Å². The lowest BCUT2D eigenvalue weighted by atomic mass is 9.88. The molecule has 1 amide bonds. The molecule has 7 nitrogen and oxygen atoms in total. The highest BCUT2D eigenvalue weighted by molar-refractivity contribution is 7.17. The molecule has 0 saturated carbocycles. The Morgan fingerprint density at radius 1 is 1.28 bits per heavy atom. The number of carbonyl (C=O) groups is 2. The monoisotopic (exact) mass is 413 g/mol. The Morgan fingerprint density at radius 2 is 2.00 bits per heavy atom. The SMILES string of the molecule is COC(=O)c1c(NC(=O)Cn2c(=O)n(C)c3ccccc32)sc2c1CCC(C)C2. The zero-order valence-corrected chi connectivity index (χ0v) is 17.5. The molecule has 1 aliphatic carbocycles. The summed E-state index contributed by atoms with van der Waals surface area (Å²) < 4.78 is 7.93. The van der Waals surface area contributed by atoms with Gasteiger partial charge in [0.15, 0.2) is 0 Å². The Hall–Kier alpha value is -2.87. The van der Waals surface area contributed by atoms with Gasteiger partial charge in [-0.05, 0) is 42.9 Å². The first-order chi connectivity index (χ1) is 13.9. The Labute approximate surface area is 171 Å². The fourth-order valence-electron chi connectivity index (χ4n) is 3.98. The predicted molar refractivity (Wildman–Crippen MR) is 113 cm³/mol. The maximum Gasteiger partial charge on any atom is 0.341 e. The number of esters is 1. The molecule has 2 heterocycles. The van der Waals surface area contributed by atoms with E-state index in [9.17, 15) is 14.4 Å². The van der Waals surface area contributed by atoms with E-state index in [4.69, 9.17) is 4.74 Å². The van der Waals surface area contributed by atoms with Crippen molar-refractivity contribution in [1.82, 2.24) is 9.13 Å². The lowest BCUT2D eigenvalue weighted by Crippen LogP contribution is -2.28. The Balaban J connectivity index is 1.65. The molecule has 1 aliphatic rings. The van der Waals surface area contributed by atoms with Crippen LogP contribution in [0.25, 0.3) is 11.0 Å². The molecule has 2 aromatic heterocycles. The number of fused-ring (bicyclic) bond motifs is 2. The molecule has 8 heteroatoms. The molecule has 0 saturated heterocycles. The van der Waals surface area contributed by atoms with Crippen molar-refractivity contribution in [2.75, 3.05) is 12.4 Å². The number of benzene rings is 1. The molecule has 0 radical (unpaired) electrons. The zero-order chi connectivity index (χ0) is 20.7. The van der Waals surface area contributed by atoms with E-state index in [0.717, 1.165) is 35.2 Å². The first kappa shape index (κ1) is 19.4. The van der Waals surface area contributed by atoms with Gasteiger partial charge < -0.3 is 10.1 Å². The second-order valence-electron chi connectivity index (χ2n) is 7.51. The topological polar surface area (TPSA) is 82.3 Å². The van der Waals surface area contributed by atoms with Crippen LogP contribution in [0.1, 0.15) is 34.1 Å². The summed E-state index contributed by atoms with van der Waals surface area (Å²) in [6.07, 6.45) is 2.70. The fraction of sp³-hybridized carbons (Fsp3) is 0.381. The molecular formula is C21H23N3O4S. The first-order valence-electron chi connectivity index (χ1n) is 9.57. The van der Waals surface area contributed by atoms with E-state index in [-0.39, 0.29) is 18.1 Å². The van der Waals surface area contributed by atoms with Gasteiger partial charge in [-0.25, -0.2) is 9.59 Å². The third-order valence-electron chi connectivity index (χ3n) is 5.51. The third-order valence-corrected chi connectivity index (χ3v) is 6.68. The van der Waals surface area contributed by atoms with Gasteiger partial charge >= 0.3 is 11.7 Å². The average Bonchev–Trinajstić information content (AvgIpc) is 3.17. The van der Waals surface area contributed by atoms with E-state index in [2.05, 4.69) is 12.2 Å². The molecule has 0 aliphatic heterocycles. The van der Waals surface area contributed by atoms with E-state index in [1.54, 1.807) is 7.05 Å². The molecule has 1 atom stereocenters. The number of amides is 1. The molecule has 3 aromatic rings. The van der Waals surface area contributed by atoms with Crippen molar-refractivity contribution in [2.45, 2.75) is 32.7 Å². The number of methoxy groups -OCH3 is 1. The fourth-order valence-corrected chi connectivity index (χ4v) is 5.40. The minimum Gasteiger partial charge on any atom is -0.465 e. The smallest absolute Gasteiger partial charge is 0.341 e. The Morgan fingerprint density at radius 3 is 2.72 bits per heavy atom. The third kappa shape index (κ3) is 3.37. The standard InChI is InChI=1S/C21H23N3O4S/c1-12-8-9-13-16(10-12)29-19(18(13)20(26)28-3)22-17(25)11-24-15-7-5-4-6-14(15)23(2)21(24)27/h4-7,12H,8-11H2,1-3H3,(H,22,25). The number of aromatic nitrogens is 2. The number of rotatable bonds is 4. The number of thiophene rings is 1. The number of nitrogens with one attached hydrogen (secondary N) is 1. The van der Waals surface area contributed by atoms with Crippen molar-refractivity contribution in [2.24, 2.45) is 13.0 Å². The van der Waals surface area contributed by atoms with Gasteiger partial charge in [0, 0.05) is 11.9 Å². The lowest BCUT2D eigenvalue weighted by Gasteiger charge is -2.18. The first-order valence-corrected chi connectivity index (χ1v) is 10.4. The predicted octanol–water partition coefficient (Wildman–Crippen LogP) is 2.95. The number of carbonyl (C=O) groups excluding carboxylic acids is 2. The molecule has 1 aromatic carbocycles. The van der Waals surface area contributed by atoms with Crippen molar-refractivity contribution in [3.63, 3.8) is 0 Å². The van der Waals surface area contributed by atoms with Crippen molar-refractivity contribution in [1.29, 1.82) is 0 Å². The second-order valence-corrected chi connectivity index (χ2v) is 8.62. The maximum atomic E-state index is 12.8. The molecule has 0 spiro atoms. The number of ether oxygens (including phenoxy) is 1. The maximum absolute atomic E-state index is 12.8. The largest absolute Gasteiger partial charge is 0.465 e. The second kappa shape index (κ2) is 7.51. The highest BCUT2D eigenvalue weighted by atomic mass is 32.1. The van der Waals surface area contributed by atoms with Crippen molar-refractivity contribution >= 4 is 39.2 Å². The van der Waals surface area contributed by atoms with E-state index in [1.807, 2.05) is 24.3 Å². The number of hydrogen-bond acceptors (Lipinski definition) is 5. The minimum absolute atomic E-state index is 0.125. The van der Waals surface area contributed by atoms with Crippen LogP contribution in [0.3, 0.4) is 0 Å². The average molecular weight is 413 g/mol. The number of aryl methyl sites for hydroxylation is 1. The summed E-state index contributed by atoms with van der Waals surface area (Å²) in [6.45, 7) is 2.06. The van der Waals surface area contributed by atoms with Gasteiger partial charge in [-0.15, -0.1) is 11.3 Å². The lowest BCUT2D eigenvalue weighted by molar-refractivity contribution is -0.116. The van der Waals surface area contributed by atoms with Crippen LogP contribution in [0.5, 0.6) is 0 Å². The molecule has 0 fully saturated rings. The number of hydrogen-bond donors (Lipinski definition) is 1. The highest BCUT2D eigenvalue weighted by Crippen LogP contribution is 2.40. The van der Waals surface area contributed by atoms with Gasteiger partial charge in [0.2, 0.25) is 5.91 Å². The van der Waals surface area contributed by atoms with Crippen LogP contribution in [0, 0.1) is 5.92 Å². The summed E-state index contributed by atoms with van der Waals surface area (Å²) in [5, 5.41) is 3.37. The summed E-state index contributed by atoms with van der Waals surface area (Å²) in [5.41, 5.74) is 2.65. The van der Waals surface area contributed by atoms with E-state index >= 15 is 0 Å². The quantitative estimate of drug-likeness (QED) is 0.667. The Bertz CT molecular complexity index is 1170. The number of anilines is 1. The molecule has 1 unspecified atom stereocenters. The van der Waals surface area contributed by atoms with Crippen LogP contribution in [0.15, 0.2) is 29.1 Å². The molecule has 29 heavy (non-hydrogen) atoms. The van der Waals surface area contributed by atoms with Crippen LogP contribution >= 0.6 is 11.3 Å². The summed E-state index contributed by atoms with van der Waals surface area (Å²) >= 11 is 1.44. The zero-order valence-electron chi connectivity index (χ0n) is 16.7. The van der Waals surface area contributed by atoms with Crippen molar-refractivity contribution < 1.29 is 14.3 Å². The van der Waals surface area contributed by atoms with Gasteiger partial charge in [0.25, 0.3) is 0 Å². The van der Waals surface area contributed by atoms with Crippen molar-refractivity contribution in [3.8, 4) is 0 Å². The highest BCUT2D eigenvalue weighted by Gasteiger charge is 2.29. The van der Waals surface area contributed by atoms with E-state index in [1.165, 1.54) is 27.6 Å². The van der Waals surface area contributed by atoms with Crippen LogP contribution in [0.2, 0.25) is 0 Å². The van der Waals surface area contributed by atoms with Crippen LogP contribution in [-0.4, -0.2) is 28.1 Å². The summed E-state index contributed by atoms with van der Waals surface area (Å²) in [5.74, 6) is -0.237. The van der Waals surface area contributed by atoms with Crippen LogP contribution in [-0.2, 0) is 36.0 Å². The number of imidazole rings is 1. The molecule has 152 valence electrons.